The lowest BCUT2D eigenvalue weighted by Crippen LogP contribution is -2.12. The first-order valence-electron chi connectivity index (χ1n) is 4.99. The van der Waals surface area contributed by atoms with Gasteiger partial charge in [0.25, 0.3) is 0 Å². The number of hydrogen-bond acceptors (Lipinski definition) is 2. The summed E-state index contributed by atoms with van der Waals surface area (Å²) in [6, 6.07) is 3.63. The number of carbonyl (C=O) groups is 1. The predicted octanol–water partition coefficient (Wildman–Crippen LogP) is 3.22. The first-order chi connectivity index (χ1) is 7.08. The van der Waals surface area contributed by atoms with Gasteiger partial charge in [0.2, 0.25) is 5.91 Å². The summed E-state index contributed by atoms with van der Waals surface area (Å²) in [4.78, 5) is 15.5. The van der Waals surface area contributed by atoms with Gasteiger partial charge in [-0.05, 0) is 40.4 Å². The number of amides is 1. The summed E-state index contributed by atoms with van der Waals surface area (Å²) in [6.45, 7) is 4.21. The van der Waals surface area contributed by atoms with Crippen molar-refractivity contribution < 1.29 is 4.79 Å². The molecule has 0 aliphatic carbocycles. The highest BCUT2D eigenvalue weighted by molar-refractivity contribution is 9.10. The Balaban J connectivity index is 2.41. The first-order valence-corrected chi connectivity index (χ1v) is 5.78. The van der Waals surface area contributed by atoms with Crippen molar-refractivity contribution in [2.24, 2.45) is 5.92 Å². The molecular formula is C11H15BrN2O. The van der Waals surface area contributed by atoms with Crippen molar-refractivity contribution in [3.8, 4) is 0 Å². The fourth-order valence-electron chi connectivity index (χ4n) is 1.09. The van der Waals surface area contributed by atoms with Gasteiger partial charge < -0.3 is 5.32 Å². The molecule has 0 unspecified atom stereocenters. The van der Waals surface area contributed by atoms with Crippen LogP contribution in [0.3, 0.4) is 0 Å². The minimum Gasteiger partial charge on any atom is -0.325 e. The van der Waals surface area contributed by atoms with Crippen LogP contribution in [0.2, 0.25) is 0 Å². The summed E-state index contributed by atoms with van der Waals surface area (Å²) >= 11 is 3.24. The van der Waals surface area contributed by atoms with Crippen LogP contribution in [0.1, 0.15) is 26.7 Å². The molecule has 1 N–H and O–H groups in total. The van der Waals surface area contributed by atoms with E-state index < -0.39 is 0 Å². The van der Waals surface area contributed by atoms with Gasteiger partial charge >= 0.3 is 0 Å². The molecule has 0 aromatic carbocycles. The number of halogens is 1. The maximum absolute atomic E-state index is 11.5. The Hall–Kier alpha value is -0.900. The lowest BCUT2D eigenvalue weighted by molar-refractivity contribution is -0.116. The molecule has 0 saturated heterocycles. The molecule has 1 heterocycles. The molecule has 0 spiro atoms. The molecule has 3 nitrogen and oxygen atoms in total. The average Bonchev–Trinajstić information content (AvgIpc) is 2.19. The number of carbonyl (C=O) groups excluding carboxylic acids is 1. The van der Waals surface area contributed by atoms with Crippen LogP contribution >= 0.6 is 15.9 Å². The summed E-state index contributed by atoms with van der Waals surface area (Å²) in [5.41, 5.74) is 0.743. The van der Waals surface area contributed by atoms with Crippen LogP contribution < -0.4 is 5.32 Å². The summed E-state index contributed by atoms with van der Waals surface area (Å²) in [5.74, 6) is 0.603. The van der Waals surface area contributed by atoms with Crippen molar-refractivity contribution in [1.82, 2.24) is 4.98 Å². The summed E-state index contributed by atoms with van der Waals surface area (Å²) in [6.07, 6.45) is 3.11. The summed E-state index contributed by atoms with van der Waals surface area (Å²) in [5, 5.41) is 2.80. The van der Waals surface area contributed by atoms with Crippen molar-refractivity contribution in [2.45, 2.75) is 26.7 Å². The van der Waals surface area contributed by atoms with E-state index >= 15 is 0 Å². The Morgan fingerprint density at radius 1 is 1.53 bits per heavy atom. The van der Waals surface area contributed by atoms with E-state index in [-0.39, 0.29) is 5.91 Å². The van der Waals surface area contributed by atoms with Gasteiger partial charge in [-0.3, -0.25) is 4.79 Å². The van der Waals surface area contributed by atoms with E-state index in [4.69, 9.17) is 0 Å². The summed E-state index contributed by atoms with van der Waals surface area (Å²) < 4.78 is 0.766. The number of pyridine rings is 1. The monoisotopic (exact) mass is 270 g/mol. The molecule has 1 rings (SSSR count). The van der Waals surface area contributed by atoms with Crippen LogP contribution in [-0.4, -0.2) is 10.9 Å². The van der Waals surface area contributed by atoms with Crippen LogP contribution in [0, 0.1) is 5.92 Å². The van der Waals surface area contributed by atoms with Crippen molar-refractivity contribution in [3.05, 3.63) is 22.9 Å². The van der Waals surface area contributed by atoms with Crippen LogP contribution in [0.15, 0.2) is 22.9 Å². The number of nitrogens with zero attached hydrogens (tertiary/aromatic N) is 1. The van der Waals surface area contributed by atoms with E-state index in [1.54, 1.807) is 12.3 Å². The normalized spacial score (nSPS) is 10.4. The molecule has 0 atom stereocenters. The van der Waals surface area contributed by atoms with Crippen molar-refractivity contribution in [1.29, 1.82) is 0 Å². The van der Waals surface area contributed by atoms with Gasteiger partial charge in [-0.25, -0.2) is 4.98 Å². The molecule has 0 aliphatic heterocycles. The Kier molecular flexibility index (Phi) is 4.75. The topological polar surface area (TPSA) is 42.0 Å². The minimum absolute atomic E-state index is 0.0489. The zero-order chi connectivity index (χ0) is 11.3. The quantitative estimate of drug-likeness (QED) is 0.854. The molecule has 1 aromatic rings. The highest BCUT2D eigenvalue weighted by atomic mass is 79.9. The van der Waals surface area contributed by atoms with E-state index in [9.17, 15) is 4.79 Å². The van der Waals surface area contributed by atoms with E-state index in [1.165, 1.54) is 0 Å². The van der Waals surface area contributed by atoms with Gasteiger partial charge in [-0.2, -0.15) is 0 Å². The molecule has 0 saturated carbocycles. The van der Waals surface area contributed by atoms with Gasteiger partial charge in [0.05, 0.1) is 11.9 Å². The van der Waals surface area contributed by atoms with Crippen molar-refractivity contribution >= 4 is 27.5 Å². The van der Waals surface area contributed by atoms with Gasteiger partial charge in [0.1, 0.15) is 4.60 Å². The first kappa shape index (κ1) is 12.2. The van der Waals surface area contributed by atoms with Crippen molar-refractivity contribution in [2.75, 3.05) is 5.32 Å². The fraction of sp³-hybridized carbons (Fsp3) is 0.455. The van der Waals surface area contributed by atoms with Crippen LogP contribution in [0.5, 0.6) is 0 Å². The SMILES string of the molecule is CC(C)CCC(=O)Nc1ccc(Br)nc1. The van der Waals surface area contributed by atoms with Crippen LogP contribution in [0.25, 0.3) is 0 Å². The second kappa shape index (κ2) is 5.85. The molecule has 0 radical (unpaired) electrons. The zero-order valence-electron chi connectivity index (χ0n) is 8.96. The Morgan fingerprint density at radius 3 is 2.80 bits per heavy atom. The van der Waals surface area contributed by atoms with Crippen LogP contribution in [0.4, 0.5) is 5.69 Å². The molecule has 4 heteroatoms. The smallest absolute Gasteiger partial charge is 0.224 e. The lowest BCUT2D eigenvalue weighted by Gasteiger charge is -2.06. The van der Waals surface area contributed by atoms with Gasteiger partial charge in [0.15, 0.2) is 0 Å². The van der Waals surface area contributed by atoms with E-state index in [0.717, 1.165) is 16.7 Å². The van der Waals surface area contributed by atoms with Crippen LogP contribution in [-0.2, 0) is 4.79 Å². The Morgan fingerprint density at radius 2 is 2.27 bits per heavy atom. The molecule has 0 aliphatic rings. The third kappa shape index (κ3) is 4.93. The van der Waals surface area contributed by atoms with Crippen molar-refractivity contribution in [3.63, 3.8) is 0 Å². The Bertz CT molecular complexity index is 322. The lowest BCUT2D eigenvalue weighted by atomic mass is 10.1. The number of nitrogens with one attached hydrogen (secondary N) is 1. The minimum atomic E-state index is 0.0489. The fourth-order valence-corrected chi connectivity index (χ4v) is 1.33. The number of anilines is 1. The Labute approximate surface area is 98.4 Å². The molecule has 82 valence electrons. The van der Waals surface area contributed by atoms with Gasteiger partial charge in [0, 0.05) is 6.42 Å². The second-order valence-corrected chi connectivity index (χ2v) is 4.66. The maximum atomic E-state index is 11.5. The molecule has 0 bridgehead atoms. The predicted molar refractivity (Wildman–Crippen MR) is 64.6 cm³/mol. The number of rotatable bonds is 4. The zero-order valence-corrected chi connectivity index (χ0v) is 10.5. The molecule has 1 aromatic heterocycles. The van der Waals surface area contributed by atoms with E-state index in [0.29, 0.717) is 12.3 Å². The number of hydrogen-bond donors (Lipinski definition) is 1. The highest BCUT2D eigenvalue weighted by Crippen LogP contribution is 2.11. The largest absolute Gasteiger partial charge is 0.325 e. The molecule has 1 amide bonds. The molecule has 15 heavy (non-hydrogen) atoms. The standard InChI is InChI=1S/C11H15BrN2O/c1-8(2)3-6-11(15)14-9-4-5-10(12)13-7-9/h4-5,7-8H,3,6H2,1-2H3,(H,14,15). The number of aromatic nitrogens is 1. The van der Waals surface area contributed by atoms with E-state index in [2.05, 4.69) is 40.1 Å². The highest BCUT2D eigenvalue weighted by Gasteiger charge is 2.03. The second-order valence-electron chi connectivity index (χ2n) is 3.85. The molecular weight excluding hydrogens is 256 g/mol. The average molecular weight is 271 g/mol. The van der Waals surface area contributed by atoms with Gasteiger partial charge in [-0.1, -0.05) is 13.8 Å². The van der Waals surface area contributed by atoms with Gasteiger partial charge in [-0.15, -0.1) is 0 Å². The third-order valence-electron chi connectivity index (χ3n) is 1.96. The molecule has 0 fully saturated rings. The maximum Gasteiger partial charge on any atom is 0.224 e. The van der Waals surface area contributed by atoms with E-state index in [1.807, 2.05) is 6.07 Å². The third-order valence-corrected chi connectivity index (χ3v) is 2.43. The summed E-state index contributed by atoms with van der Waals surface area (Å²) in [7, 11) is 0.